The number of methoxy groups -OCH3 is 2. The highest BCUT2D eigenvalue weighted by Crippen LogP contribution is 2.44. The third-order valence-electron chi connectivity index (χ3n) is 13.9. The molecule has 1 aliphatic heterocycles. The molecule has 23 nitrogen and oxygen atoms in total. The van der Waals surface area contributed by atoms with Gasteiger partial charge in [-0.3, -0.25) is 24.0 Å². The van der Waals surface area contributed by atoms with Gasteiger partial charge in [0.15, 0.2) is 27.1 Å². The number of aliphatic imine (C=N–C) groups is 1. The standard InChI is InChI=1S/C59H76N8O15S/c1-35-27-47(77-9)36(2)37(3)50(35)83(75,76)34-63-55(60)61-26-18-25-44(64-48(68)30-62-56(74)79-31-43-41-23-16-14-21-39(41)40-22-15-17-24-42(40)43)52(71)67-59(32-80-58(7,8)81-33-59)54(73)66-45(28-38-19-12-11-13-20-38)51(70)65-46(53(72)78-10)29-49(69)82-57(4,5)6/h11-17,19-24,27,43-46H,18,25-26,28-34H2,1-10H3,(H,62,74)(H,64,68)(H,65,70)(H,66,73)(H,67,71)(H3,60,61,63)/t44-,45-,46-/m0/s1. The van der Waals surface area contributed by atoms with Gasteiger partial charge in [0.2, 0.25) is 17.7 Å². The molecular weight excluding hydrogens is 1090 g/mol. The number of hydrogen-bond donors (Lipinski definition) is 7. The molecule has 2 aliphatic rings. The topological polar surface area (TPSA) is 320 Å². The Morgan fingerprint density at radius 2 is 1.40 bits per heavy atom. The molecule has 0 saturated carbocycles. The number of carbonyl (C=O) groups is 7. The van der Waals surface area contributed by atoms with E-state index in [1.807, 2.05) is 48.5 Å². The molecule has 4 aromatic carbocycles. The fourth-order valence-corrected chi connectivity index (χ4v) is 11.2. The van der Waals surface area contributed by atoms with Gasteiger partial charge in [0.25, 0.3) is 5.91 Å². The number of nitrogens with one attached hydrogen (secondary N) is 6. The Morgan fingerprint density at radius 3 is 2.00 bits per heavy atom. The molecular formula is C59H76N8O15S. The maximum Gasteiger partial charge on any atom is 0.407 e. The number of amides is 5. The smallest absolute Gasteiger partial charge is 0.407 e. The summed E-state index contributed by atoms with van der Waals surface area (Å²) in [5, 5.41) is 15.9. The van der Waals surface area contributed by atoms with E-state index in [4.69, 9.17) is 34.2 Å². The number of ether oxygens (including phenoxy) is 6. The van der Waals surface area contributed by atoms with E-state index in [9.17, 15) is 42.0 Å². The molecule has 24 heteroatoms. The molecule has 1 aliphatic carbocycles. The van der Waals surface area contributed by atoms with Crippen LogP contribution in [0.1, 0.15) is 93.2 Å². The minimum atomic E-state index is -3.97. The predicted molar refractivity (Wildman–Crippen MR) is 306 cm³/mol. The number of nitrogens with zero attached hydrogens (tertiary/aromatic N) is 1. The van der Waals surface area contributed by atoms with Crippen LogP contribution in [0.25, 0.3) is 11.1 Å². The van der Waals surface area contributed by atoms with E-state index in [2.05, 4.69) is 36.9 Å². The van der Waals surface area contributed by atoms with Crippen molar-refractivity contribution in [1.29, 1.82) is 0 Å². The Hall–Kier alpha value is -8.09. The van der Waals surface area contributed by atoms with Crippen molar-refractivity contribution in [3.8, 4) is 16.9 Å². The van der Waals surface area contributed by atoms with Crippen LogP contribution in [0.2, 0.25) is 0 Å². The number of hydrogen-bond acceptors (Lipinski definition) is 16. The third-order valence-corrected chi connectivity index (χ3v) is 15.6. The molecule has 0 spiro atoms. The van der Waals surface area contributed by atoms with E-state index in [1.54, 1.807) is 91.8 Å². The second-order valence-electron chi connectivity index (χ2n) is 21.8. The van der Waals surface area contributed by atoms with Crippen LogP contribution >= 0.6 is 0 Å². The molecule has 3 atom stereocenters. The molecule has 83 heavy (non-hydrogen) atoms. The number of fused-ring (bicyclic) bond motifs is 3. The van der Waals surface area contributed by atoms with Crippen LogP contribution in [0.4, 0.5) is 4.79 Å². The average molecular weight is 1170 g/mol. The first kappa shape index (κ1) is 64.1. The predicted octanol–water partition coefficient (Wildman–Crippen LogP) is 3.81. The second kappa shape index (κ2) is 27.8. The number of rotatable bonds is 24. The molecule has 1 fully saturated rings. The molecule has 0 aromatic heterocycles. The lowest BCUT2D eigenvalue weighted by Crippen LogP contribution is -2.71. The molecule has 8 N–H and O–H groups in total. The number of aryl methyl sites for hydroxylation is 1. The summed E-state index contributed by atoms with van der Waals surface area (Å²) in [4.78, 5) is 101. The van der Waals surface area contributed by atoms with Gasteiger partial charge in [-0.15, -0.1) is 0 Å². The highest BCUT2D eigenvalue weighted by atomic mass is 32.2. The largest absolute Gasteiger partial charge is 0.496 e. The summed E-state index contributed by atoms with van der Waals surface area (Å²) >= 11 is 0. The van der Waals surface area contributed by atoms with E-state index in [1.165, 1.54) is 7.11 Å². The fraction of sp³-hybridized carbons (Fsp3) is 0.458. The molecule has 4 aromatic rings. The van der Waals surface area contributed by atoms with Crippen LogP contribution in [0, 0.1) is 20.8 Å². The van der Waals surface area contributed by atoms with Gasteiger partial charge in [-0.2, -0.15) is 0 Å². The maximum absolute atomic E-state index is 14.9. The third kappa shape index (κ3) is 17.2. The average Bonchev–Trinajstić information content (AvgIpc) is 3.97. The molecule has 6 rings (SSSR count). The Balaban J connectivity index is 1.20. The van der Waals surface area contributed by atoms with Crippen molar-refractivity contribution in [1.82, 2.24) is 31.9 Å². The second-order valence-corrected chi connectivity index (χ2v) is 23.7. The normalized spacial score (nSPS) is 15.6. The van der Waals surface area contributed by atoms with E-state index in [0.717, 1.165) is 29.4 Å². The highest BCUT2D eigenvalue weighted by molar-refractivity contribution is 7.91. The lowest BCUT2D eigenvalue weighted by atomic mass is 9.95. The Morgan fingerprint density at radius 1 is 0.783 bits per heavy atom. The molecule has 1 saturated heterocycles. The first-order chi connectivity index (χ1) is 39.2. The number of benzene rings is 4. The zero-order valence-electron chi connectivity index (χ0n) is 48.5. The summed E-state index contributed by atoms with van der Waals surface area (Å²) in [6.07, 6.45) is -1.70. The zero-order chi connectivity index (χ0) is 60.9. The van der Waals surface area contributed by atoms with Crippen LogP contribution in [-0.2, 0) is 68.7 Å². The minimum absolute atomic E-state index is 0.00947. The summed E-state index contributed by atoms with van der Waals surface area (Å²) in [6, 6.07) is 21.4. The molecule has 1 heterocycles. The van der Waals surface area contributed by atoms with Gasteiger partial charge < -0.3 is 66.1 Å². The van der Waals surface area contributed by atoms with Crippen LogP contribution in [0.3, 0.4) is 0 Å². The van der Waals surface area contributed by atoms with Crippen molar-refractivity contribution in [2.75, 3.05) is 53.0 Å². The fourth-order valence-electron chi connectivity index (χ4n) is 9.60. The number of alkyl carbamates (subject to hydrolysis) is 1. The molecule has 0 unspecified atom stereocenters. The van der Waals surface area contributed by atoms with E-state index in [0.29, 0.717) is 28.0 Å². The first-order valence-electron chi connectivity index (χ1n) is 27.0. The maximum atomic E-state index is 14.9. The summed E-state index contributed by atoms with van der Waals surface area (Å²) < 4.78 is 60.4. The van der Waals surface area contributed by atoms with E-state index < -0.39 is 119 Å². The van der Waals surface area contributed by atoms with Gasteiger partial charge in [0, 0.05) is 18.9 Å². The molecule has 0 radical (unpaired) electrons. The number of carbonyl (C=O) groups excluding carboxylic acids is 7. The lowest BCUT2D eigenvalue weighted by molar-refractivity contribution is -0.267. The van der Waals surface area contributed by atoms with Crippen molar-refractivity contribution >= 4 is 57.5 Å². The van der Waals surface area contributed by atoms with Crippen molar-refractivity contribution in [3.63, 3.8) is 0 Å². The van der Waals surface area contributed by atoms with Gasteiger partial charge >= 0.3 is 18.0 Å². The highest BCUT2D eigenvalue weighted by Gasteiger charge is 2.49. The number of nitrogens with two attached hydrogens (primary N) is 1. The molecule has 5 amide bonds. The Labute approximate surface area is 483 Å². The van der Waals surface area contributed by atoms with Crippen LogP contribution < -0.4 is 42.4 Å². The van der Waals surface area contributed by atoms with Crippen molar-refractivity contribution < 1.29 is 70.4 Å². The number of sulfone groups is 1. The van der Waals surface area contributed by atoms with Gasteiger partial charge in [0.1, 0.15) is 48.5 Å². The summed E-state index contributed by atoms with van der Waals surface area (Å²) in [6.45, 7) is 11.5. The van der Waals surface area contributed by atoms with Crippen molar-refractivity contribution in [2.24, 2.45) is 10.7 Å². The van der Waals surface area contributed by atoms with Crippen LogP contribution in [0.5, 0.6) is 5.75 Å². The quantitative estimate of drug-likeness (QED) is 0.0172. The Bertz CT molecular complexity index is 3130. The van der Waals surface area contributed by atoms with Gasteiger partial charge in [-0.05, 0) is 119 Å². The lowest BCUT2D eigenvalue weighted by Gasteiger charge is -2.43. The molecule has 448 valence electrons. The first-order valence-corrected chi connectivity index (χ1v) is 28.7. The monoisotopic (exact) mass is 1170 g/mol. The SMILES string of the molecule is COC(=O)[C@H](CC(=O)OC(C)(C)C)NC(=O)[C@H](Cc1ccccc1)NC(=O)C1(NC(=O)[C@H](CCCNC(N)=NCS(=O)(=O)c2c(C)cc(OC)c(C)c2C)NC(=O)CNC(=O)OCC2c3ccccc3-c3ccccc32)COC(C)(C)OC1. The van der Waals surface area contributed by atoms with Crippen molar-refractivity contribution in [3.05, 3.63) is 118 Å². The van der Waals surface area contributed by atoms with Gasteiger partial charge in [-0.25, -0.2) is 23.0 Å². The van der Waals surface area contributed by atoms with Crippen molar-refractivity contribution in [2.45, 2.75) is 127 Å². The molecule has 0 bridgehead atoms. The number of guanidine groups is 1. The summed E-state index contributed by atoms with van der Waals surface area (Å²) in [5.74, 6) is -7.24. The number of esters is 2. The summed E-state index contributed by atoms with van der Waals surface area (Å²) in [5.41, 5.74) is 9.39. The summed E-state index contributed by atoms with van der Waals surface area (Å²) in [7, 11) is -1.40. The van der Waals surface area contributed by atoms with E-state index >= 15 is 0 Å². The Kier molecular flexibility index (Phi) is 21.5. The van der Waals surface area contributed by atoms with Crippen LogP contribution in [-0.4, -0.2) is 144 Å². The van der Waals surface area contributed by atoms with Crippen LogP contribution in [0.15, 0.2) is 94.8 Å². The van der Waals surface area contributed by atoms with E-state index in [-0.39, 0.29) is 49.2 Å². The van der Waals surface area contributed by atoms with Gasteiger partial charge in [-0.1, -0.05) is 78.9 Å². The zero-order valence-corrected chi connectivity index (χ0v) is 49.3. The minimum Gasteiger partial charge on any atom is -0.496 e. The van der Waals surface area contributed by atoms with Gasteiger partial charge in [0.05, 0.1) is 38.7 Å².